The first-order chi connectivity index (χ1) is 13.0. The van der Waals surface area contributed by atoms with Crippen molar-refractivity contribution in [2.24, 2.45) is 0 Å². The molecule has 140 valence electrons. The lowest BCUT2D eigenvalue weighted by atomic mass is 10.2. The van der Waals surface area contributed by atoms with Crippen LogP contribution in [0, 0.1) is 11.6 Å². The fourth-order valence-corrected chi connectivity index (χ4v) is 3.23. The van der Waals surface area contributed by atoms with Gasteiger partial charge in [-0.25, -0.2) is 13.8 Å². The zero-order valence-corrected chi connectivity index (χ0v) is 15.4. The van der Waals surface area contributed by atoms with E-state index in [0.29, 0.717) is 22.8 Å². The van der Waals surface area contributed by atoms with Crippen LogP contribution in [-0.4, -0.2) is 24.6 Å². The zero-order chi connectivity index (χ0) is 19.4. The lowest BCUT2D eigenvalue weighted by Crippen LogP contribution is -2.07. The molecule has 5 nitrogen and oxygen atoms in total. The fourth-order valence-electron chi connectivity index (χ4n) is 2.36. The number of anilines is 1. The Hall–Kier alpha value is -3.00. The van der Waals surface area contributed by atoms with Crippen molar-refractivity contribution in [3.05, 3.63) is 53.6 Å². The number of nitrogens with one attached hydrogen (secondary N) is 1. The predicted octanol–water partition coefficient (Wildman–Crippen LogP) is 4.63. The lowest BCUT2D eigenvalue weighted by molar-refractivity contribution is -0.111. The summed E-state index contributed by atoms with van der Waals surface area (Å²) >= 11 is 1.06. The van der Waals surface area contributed by atoms with Gasteiger partial charge in [-0.3, -0.25) is 10.1 Å². The van der Waals surface area contributed by atoms with Gasteiger partial charge in [0.2, 0.25) is 5.91 Å². The summed E-state index contributed by atoms with van der Waals surface area (Å²) in [6.07, 6.45) is 2.95. The third-order valence-electron chi connectivity index (χ3n) is 3.58. The molecule has 0 spiro atoms. The van der Waals surface area contributed by atoms with Crippen LogP contribution in [0.4, 0.5) is 13.9 Å². The van der Waals surface area contributed by atoms with Gasteiger partial charge in [0.25, 0.3) is 0 Å². The number of halogens is 2. The second-order valence-electron chi connectivity index (χ2n) is 5.42. The molecule has 0 radical (unpaired) electrons. The average Bonchev–Trinajstić information content (AvgIpc) is 3.02. The summed E-state index contributed by atoms with van der Waals surface area (Å²) in [7, 11) is 1.54. The van der Waals surface area contributed by atoms with Crippen LogP contribution in [0.15, 0.2) is 36.4 Å². The van der Waals surface area contributed by atoms with Crippen LogP contribution < -0.4 is 14.8 Å². The van der Waals surface area contributed by atoms with E-state index in [2.05, 4.69) is 10.3 Å². The summed E-state index contributed by atoms with van der Waals surface area (Å²) in [5.74, 6) is -1.16. The molecule has 8 heteroatoms. The molecule has 0 fully saturated rings. The number of hydrogen-bond donors (Lipinski definition) is 1. The van der Waals surface area contributed by atoms with Crippen LogP contribution >= 0.6 is 11.3 Å². The highest BCUT2D eigenvalue weighted by Gasteiger charge is 2.10. The third-order valence-corrected chi connectivity index (χ3v) is 4.51. The maximum atomic E-state index is 13.3. The van der Waals surface area contributed by atoms with Crippen molar-refractivity contribution < 1.29 is 23.0 Å². The van der Waals surface area contributed by atoms with Gasteiger partial charge in [-0.15, -0.1) is 0 Å². The number of ether oxygens (including phenoxy) is 2. The highest BCUT2D eigenvalue weighted by atomic mass is 32.1. The highest BCUT2D eigenvalue weighted by Crippen LogP contribution is 2.29. The van der Waals surface area contributed by atoms with E-state index in [1.807, 2.05) is 6.92 Å². The molecule has 1 aromatic heterocycles. The van der Waals surface area contributed by atoms with E-state index >= 15 is 0 Å². The summed E-state index contributed by atoms with van der Waals surface area (Å²) in [5, 5.41) is 2.84. The third kappa shape index (κ3) is 4.40. The molecule has 3 rings (SSSR count). The minimum atomic E-state index is -0.977. The number of amides is 1. The van der Waals surface area contributed by atoms with Crippen molar-refractivity contribution in [1.29, 1.82) is 0 Å². The number of nitrogens with zero attached hydrogens (tertiary/aromatic N) is 1. The number of methoxy groups -OCH3 is 1. The van der Waals surface area contributed by atoms with Crippen LogP contribution in [0.25, 0.3) is 16.3 Å². The van der Waals surface area contributed by atoms with E-state index in [1.165, 1.54) is 13.2 Å². The number of hydrogen-bond acceptors (Lipinski definition) is 5. The maximum Gasteiger partial charge on any atom is 0.250 e. The van der Waals surface area contributed by atoms with Crippen molar-refractivity contribution >= 4 is 38.7 Å². The van der Waals surface area contributed by atoms with Crippen molar-refractivity contribution in [1.82, 2.24) is 4.98 Å². The molecule has 0 saturated heterocycles. The van der Waals surface area contributed by atoms with Gasteiger partial charge in [0.15, 0.2) is 28.3 Å². The van der Waals surface area contributed by atoms with Gasteiger partial charge in [0, 0.05) is 12.1 Å². The van der Waals surface area contributed by atoms with E-state index in [1.54, 1.807) is 24.3 Å². The van der Waals surface area contributed by atoms with Crippen LogP contribution in [0.1, 0.15) is 12.5 Å². The van der Waals surface area contributed by atoms with Gasteiger partial charge in [-0.05, 0) is 36.8 Å². The van der Waals surface area contributed by atoms with Gasteiger partial charge in [-0.2, -0.15) is 0 Å². The first kappa shape index (κ1) is 18.8. The standard InChI is InChI=1S/C19H16F2N2O3S/c1-3-26-15-6-4-11(8-16(15)25-2)5-7-18(24)23-19-22-14-9-12(20)13(21)10-17(14)27-19/h4-10H,3H2,1-2H3,(H,22,23,24)/b7-5+. The van der Waals surface area contributed by atoms with Crippen molar-refractivity contribution in [3.63, 3.8) is 0 Å². The Kier molecular flexibility index (Phi) is 5.66. The van der Waals surface area contributed by atoms with E-state index in [4.69, 9.17) is 9.47 Å². The predicted molar refractivity (Wildman–Crippen MR) is 101 cm³/mol. The minimum Gasteiger partial charge on any atom is -0.493 e. The molecule has 27 heavy (non-hydrogen) atoms. The van der Waals surface area contributed by atoms with Gasteiger partial charge in [0.05, 0.1) is 23.9 Å². The molecule has 0 aliphatic heterocycles. The van der Waals surface area contributed by atoms with Crippen LogP contribution in [0.2, 0.25) is 0 Å². The molecular weight excluding hydrogens is 374 g/mol. The number of benzene rings is 2. The molecule has 0 saturated carbocycles. The highest BCUT2D eigenvalue weighted by molar-refractivity contribution is 7.22. The Balaban J connectivity index is 1.72. The van der Waals surface area contributed by atoms with E-state index in [-0.39, 0.29) is 10.6 Å². The molecule has 2 aromatic carbocycles. The largest absolute Gasteiger partial charge is 0.493 e. The van der Waals surface area contributed by atoms with Crippen molar-refractivity contribution in [2.45, 2.75) is 6.92 Å². The van der Waals surface area contributed by atoms with Gasteiger partial charge < -0.3 is 9.47 Å². The van der Waals surface area contributed by atoms with E-state index in [9.17, 15) is 13.6 Å². The number of aromatic nitrogens is 1. The van der Waals surface area contributed by atoms with Gasteiger partial charge >= 0.3 is 0 Å². The average molecular weight is 390 g/mol. The molecule has 0 bridgehead atoms. The van der Waals surface area contributed by atoms with E-state index < -0.39 is 17.5 Å². The fraction of sp³-hybridized carbons (Fsp3) is 0.158. The number of fused-ring (bicyclic) bond motifs is 1. The monoisotopic (exact) mass is 390 g/mol. The molecule has 1 amide bonds. The number of carbonyl (C=O) groups is 1. The summed E-state index contributed by atoms with van der Waals surface area (Å²) in [6, 6.07) is 7.36. The Morgan fingerprint density at radius 1 is 1.22 bits per heavy atom. The lowest BCUT2D eigenvalue weighted by Gasteiger charge is -2.09. The molecule has 3 aromatic rings. The Morgan fingerprint density at radius 3 is 2.74 bits per heavy atom. The molecular formula is C19H16F2N2O3S. The van der Waals surface area contributed by atoms with Crippen molar-refractivity contribution in [3.8, 4) is 11.5 Å². The summed E-state index contributed by atoms with van der Waals surface area (Å²) < 4.78 is 37.7. The van der Waals surface area contributed by atoms with Crippen LogP contribution in [0.3, 0.4) is 0 Å². The first-order valence-corrected chi connectivity index (χ1v) is 8.87. The van der Waals surface area contributed by atoms with Gasteiger partial charge in [-0.1, -0.05) is 17.4 Å². The number of carbonyl (C=O) groups excluding carboxylic acids is 1. The molecule has 0 unspecified atom stereocenters. The number of rotatable bonds is 6. The molecule has 0 atom stereocenters. The second-order valence-corrected chi connectivity index (χ2v) is 6.45. The van der Waals surface area contributed by atoms with Gasteiger partial charge in [0.1, 0.15) is 0 Å². The summed E-state index contributed by atoms with van der Waals surface area (Å²) in [6.45, 7) is 2.40. The quantitative estimate of drug-likeness (QED) is 0.623. The molecule has 1 heterocycles. The first-order valence-electron chi connectivity index (χ1n) is 8.05. The molecule has 0 aliphatic rings. The summed E-state index contributed by atoms with van der Waals surface area (Å²) in [5.41, 5.74) is 1.04. The maximum absolute atomic E-state index is 13.3. The second kappa shape index (κ2) is 8.13. The summed E-state index contributed by atoms with van der Waals surface area (Å²) in [4.78, 5) is 16.2. The van der Waals surface area contributed by atoms with E-state index in [0.717, 1.165) is 29.0 Å². The normalized spacial score (nSPS) is 11.1. The topological polar surface area (TPSA) is 60.5 Å². The minimum absolute atomic E-state index is 0.258. The smallest absolute Gasteiger partial charge is 0.250 e. The molecule has 0 aliphatic carbocycles. The Bertz CT molecular complexity index is 979. The van der Waals surface area contributed by atoms with Crippen molar-refractivity contribution in [2.75, 3.05) is 19.0 Å². The molecule has 1 N–H and O–H groups in total. The van der Waals surface area contributed by atoms with Crippen LogP contribution in [-0.2, 0) is 4.79 Å². The zero-order valence-electron chi connectivity index (χ0n) is 14.6. The Labute approximate surface area is 158 Å². The SMILES string of the molecule is CCOc1ccc(/C=C/C(=O)Nc2nc3cc(F)c(F)cc3s2)cc1OC. The number of thiazole rings is 1. The van der Waals surface area contributed by atoms with Crippen LogP contribution in [0.5, 0.6) is 11.5 Å². The Morgan fingerprint density at radius 2 is 2.00 bits per heavy atom.